The Bertz CT molecular complexity index is 430. The van der Waals surface area contributed by atoms with Crippen LogP contribution in [0.25, 0.3) is 0 Å². The largest absolute Gasteiger partial charge is 0.399 e. The molecule has 0 saturated carbocycles. The molecule has 0 aliphatic carbocycles. The molecule has 0 heterocycles. The first-order valence-electron chi connectivity index (χ1n) is 5.86. The van der Waals surface area contributed by atoms with E-state index >= 15 is 0 Å². The minimum Gasteiger partial charge on any atom is -0.399 e. The van der Waals surface area contributed by atoms with E-state index in [0.717, 1.165) is 0 Å². The van der Waals surface area contributed by atoms with E-state index in [1.54, 1.807) is 25.2 Å². The Morgan fingerprint density at radius 1 is 1.44 bits per heavy atom. The molecule has 5 heteroatoms. The van der Waals surface area contributed by atoms with Crippen LogP contribution in [0.1, 0.15) is 24.2 Å². The monoisotopic (exact) mass is 251 g/mol. The number of aliphatic hydroxyl groups excluding tert-OH is 1. The van der Waals surface area contributed by atoms with Gasteiger partial charge in [0.1, 0.15) is 0 Å². The van der Waals surface area contributed by atoms with Crippen molar-refractivity contribution >= 4 is 17.3 Å². The van der Waals surface area contributed by atoms with E-state index in [9.17, 15) is 9.90 Å². The van der Waals surface area contributed by atoms with Crippen LogP contribution >= 0.6 is 0 Å². The van der Waals surface area contributed by atoms with Gasteiger partial charge in [0.15, 0.2) is 0 Å². The standard InChI is InChI=1S/C13H21N3O2/c1-13(2,8-17)7-16-11-6-9(14)4-5-10(11)12(18)15-3/h4-6,16-17H,7-8,14H2,1-3H3,(H,15,18). The summed E-state index contributed by atoms with van der Waals surface area (Å²) in [4.78, 5) is 11.7. The molecule has 100 valence electrons. The van der Waals surface area contributed by atoms with Crippen LogP contribution in [0.5, 0.6) is 0 Å². The first kappa shape index (κ1) is 14.3. The number of carbonyl (C=O) groups excluding carboxylic acids is 1. The molecule has 1 rings (SSSR count). The summed E-state index contributed by atoms with van der Waals surface area (Å²) in [5, 5.41) is 15.0. The lowest BCUT2D eigenvalue weighted by molar-refractivity contribution is 0.0964. The number of nitrogens with one attached hydrogen (secondary N) is 2. The summed E-state index contributed by atoms with van der Waals surface area (Å²) in [5.74, 6) is -0.167. The van der Waals surface area contributed by atoms with Gasteiger partial charge in [0.05, 0.1) is 5.56 Å². The summed E-state index contributed by atoms with van der Waals surface area (Å²) >= 11 is 0. The zero-order chi connectivity index (χ0) is 13.8. The number of nitrogens with two attached hydrogens (primary N) is 1. The molecular weight excluding hydrogens is 230 g/mol. The number of aliphatic hydroxyl groups is 1. The van der Waals surface area contributed by atoms with Crippen molar-refractivity contribution in [1.82, 2.24) is 5.32 Å². The van der Waals surface area contributed by atoms with Gasteiger partial charge in [-0.25, -0.2) is 0 Å². The lowest BCUT2D eigenvalue weighted by Gasteiger charge is -2.23. The molecule has 18 heavy (non-hydrogen) atoms. The minimum atomic E-state index is -0.259. The summed E-state index contributed by atoms with van der Waals surface area (Å²) in [6.45, 7) is 4.49. The van der Waals surface area contributed by atoms with Gasteiger partial charge >= 0.3 is 0 Å². The fourth-order valence-corrected chi connectivity index (χ4v) is 1.43. The molecule has 0 aliphatic rings. The normalized spacial score (nSPS) is 11.1. The summed E-state index contributed by atoms with van der Waals surface area (Å²) in [7, 11) is 1.58. The van der Waals surface area contributed by atoms with E-state index < -0.39 is 0 Å². The first-order valence-corrected chi connectivity index (χ1v) is 5.86. The summed E-state index contributed by atoms with van der Waals surface area (Å²) < 4.78 is 0. The summed E-state index contributed by atoms with van der Waals surface area (Å²) in [6, 6.07) is 5.09. The second-order valence-corrected chi connectivity index (χ2v) is 5.06. The highest BCUT2D eigenvalue weighted by Crippen LogP contribution is 2.22. The van der Waals surface area contributed by atoms with Crippen LogP contribution in [0.4, 0.5) is 11.4 Å². The van der Waals surface area contributed by atoms with Gasteiger partial charge in [0.2, 0.25) is 0 Å². The Morgan fingerprint density at radius 3 is 2.67 bits per heavy atom. The van der Waals surface area contributed by atoms with Gasteiger partial charge in [-0.15, -0.1) is 0 Å². The van der Waals surface area contributed by atoms with Crippen molar-refractivity contribution in [3.8, 4) is 0 Å². The first-order chi connectivity index (χ1) is 8.39. The molecule has 5 N–H and O–H groups in total. The average molecular weight is 251 g/mol. The minimum absolute atomic E-state index is 0.0671. The number of amides is 1. The summed E-state index contributed by atoms with van der Waals surface area (Å²) in [6.07, 6.45) is 0. The van der Waals surface area contributed by atoms with Gasteiger partial charge in [0.25, 0.3) is 5.91 Å². The smallest absolute Gasteiger partial charge is 0.253 e. The number of hydrogen-bond acceptors (Lipinski definition) is 4. The molecule has 0 aliphatic heterocycles. The van der Waals surface area contributed by atoms with Gasteiger partial charge in [0, 0.05) is 37.0 Å². The lowest BCUT2D eigenvalue weighted by atomic mass is 9.94. The van der Waals surface area contributed by atoms with Gasteiger partial charge in [-0.2, -0.15) is 0 Å². The van der Waals surface area contributed by atoms with Crippen molar-refractivity contribution in [3.05, 3.63) is 23.8 Å². The van der Waals surface area contributed by atoms with Gasteiger partial charge < -0.3 is 21.5 Å². The molecular formula is C13H21N3O2. The molecule has 1 aromatic carbocycles. The second kappa shape index (κ2) is 5.73. The maximum atomic E-state index is 11.7. The van der Waals surface area contributed by atoms with Crippen LogP contribution in [-0.2, 0) is 0 Å². The Kier molecular flexibility index (Phi) is 4.55. The molecule has 0 saturated heterocycles. The van der Waals surface area contributed by atoms with Crippen LogP contribution in [0.15, 0.2) is 18.2 Å². The molecule has 0 radical (unpaired) electrons. The van der Waals surface area contributed by atoms with Crippen LogP contribution in [0.3, 0.4) is 0 Å². The second-order valence-electron chi connectivity index (χ2n) is 5.06. The van der Waals surface area contributed by atoms with Crippen molar-refractivity contribution < 1.29 is 9.90 Å². The molecule has 0 fully saturated rings. The van der Waals surface area contributed by atoms with Crippen molar-refractivity contribution in [2.45, 2.75) is 13.8 Å². The topological polar surface area (TPSA) is 87.4 Å². The molecule has 0 spiro atoms. The highest BCUT2D eigenvalue weighted by Gasteiger charge is 2.18. The number of benzene rings is 1. The Balaban J connectivity index is 2.93. The number of nitrogen functional groups attached to an aromatic ring is 1. The molecule has 0 bridgehead atoms. The quantitative estimate of drug-likeness (QED) is 0.589. The highest BCUT2D eigenvalue weighted by atomic mass is 16.3. The molecule has 1 amide bonds. The van der Waals surface area contributed by atoms with E-state index in [1.807, 2.05) is 13.8 Å². The van der Waals surface area contributed by atoms with E-state index in [2.05, 4.69) is 10.6 Å². The zero-order valence-electron chi connectivity index (χ0n) is 11.1. The van der Waals surface area contributed by atoms with E-state index in [4.69, 9.17) is 5.73 Å². The molecule has 0 atom stereocenters. The maximum absolute atomic E-state index is 11.7. The predicted octanol–water partition coefficient (Wildman–Crippen LogP) is 1.06. The maximum Gasteiger partial charge on any atom is 0.253 e. The van der Waals surface area contributed by atoms with Crippen molar-refractivity contribution in [3.63, 3.8) is 0 Å². The zero-order valence-corrected chi connectivity index (χ0v) is 11.1. The van der Waals surface area contributed by atoms with Crippen LogP contribution < -0.4 is 16.4 Å². The number of anilines is 2. The van der Waals surface area contributed by atoms with Crippen LogP contribution in [0.2, 0.25) is 0 Å². The predicted molar refractivity (Wildman–Crippen MR) is 73.6 cm³/mol. The Labute approximate surface area is 107 Å². The molecule has 0 unspecified atom stereocenters. The Hall–Kier alpha value is -1.75. The molecule has 0 aromatic heterocycles. The van der Waals surface area contributed by atoms with Crippen molar-refractivity contribution in [2.75, 3.05) is 31.2 Å². The van der Waals surface area contributed by atoms with E-state index in [-0.39, 0.29) is 17.9 Å². The third-order valence-electron chi connectivity index (χ3n) is 2.70. The third kappa shape index (κ3) is 3.63. The van der Waals surface area contributed by atoms with Gasteiger partial charge in [-0.1, -0.05) is 13.8 Å². The highest BCUT2D eigenvalue weighted by molar-refractivity contribution is 6.00. The van der Waals surface area contributed by atoms with Crippen LogP contribution in [-0.4, -0.2) is 31.2 Å². The van der Waals surface area contributed by atoms with Gasteiger partial charge in [-0.05, 0) is 18.2 Å². The van der Waals surface area contributed by atoms with Crippen molar-refractivity contribution in [1.29, 1.82) is 0 Å². The fourth-order valence-electron chi connectivity index (χ4n) is 1.43. The Morgan fingerprint density at radius 2 is 2.11 bits per heavy atom. The summed E-state index contributed by atoms with van der Waals surface area (Å²) in [5.41, 5.74) is 7.27. The molecule has 5 nitrogen and oxygen atoms in total. The van der Waals surface area contributed by atoms with E-state index in [0.29, 0.717) is 23.5 Å². The fraction of sp³-hybridized carbons (Fsp3) is 0.462. The third-order valence-corrected chi connectivity index (χ3v) is 2.70. The van der Waals surface area contributed by atoms with E-state index in [1.165, 1.54) is 0 Å². The average Bonchev–Trinajstić information content (AvgIpc) is 2.36. The lowest BCUT2D eigenvalue weighted by Crippen LogP contribution is -2.28. The molecule has 1 aromatic rings. The van der Waals surface area contributed by atoms with Crippen LogP contribution in [0, 0.1) is 5.41 Å². The van der Waals surface area contributed by atoms with Crippen molar-refractivity contribution in [2.24, 2.45) is 5.41 Å². The number of hydrogen-bond donors (Lipinski definition) is 4. The number of carbonyl (C=O) groups is 1. The van der Waals surface area contributed by atoms with Gasteiger partial charge in [-0.3, -0.25) is 4.79 Å². The number of rotatable bonds is 5. The SMILES string of the molecule is CNC(=O)c1ccc(N)cc1NCC(C)(C)CO.